The van der Waals surface area contributed by atoms with Crippen LogP contribution in [0.3, 0.4) is 0 Å². The van der Waals surface area contributed by atoms with E-state index in [0.717, 1.165) is 10.8 Å². The molecule has 1 saturated heterocycles. The number of imidazole rings is 1. The van der Waals surface area contributed by atoms with Crippen molar-refractivity contribution >= 4 is 27.5 Å². The van der Waals surface area contributed by atoms with Gasteiger partial charge in [-0.2, -0.15) is 0 Å². The molecule has 1 aromatic heterocycles. The smallest absolute Gasteiger partial charge is 0.233 e. The van der Waals surface area contributed by atoms with Gasteiger partial charge in [0, 0.05) is 57.1 Å². The van der Waals surface area contributed by atoms with Crippen molar-refractivity contribution in [2.45, 2.75) is 19.0 Å². The maximum Gasteiger partial charge on any atom is 0.233 e. The summed E-state index contributed by atoms with van der Waals surface area (Å²) in [6.45, 7) is 7.36. The van der Waals surface area contributed by atoms with E-state index in [2.05, 4.69) is 41.9 Å². The number of rotatable bonds is 7. The fraction of sp³-hybridized carbons (Fsp3) is 0.500. The summed E-state index contributed by atoms with van der Waals surface area (Å²) in [6, 6.07) is 6.35. The molecule has 1 aromatic carbocycles. The zero-order valence-corrected chi connectivity index (χ0v) is 18.8. The first-order valence-corrected chi connectivity index (χ1v) is 12.7. The van der Waals surface area contributed by atoms with Crippen LogP contribution in [0.1, 0.15) is 11.1 Å². The lowest BCUT2D eigenvalue weighted by Gasteiger charge is -2.34. The number of hydrogen-bond donors (Lipinski definition) is 0. The number of aryl methyl sites for hydroxylation is 2. The molecule has 2 heterocycles. The molecule has 0 saturated carbocycles. The summed E-state index contributed by atoms with van der Waals surface area (Å²) in [6.07, 6.45) is 4.93. The van der Waals surface area contributed by atoms with Crippen LogP contribution < -0.4 is 0 Å². The Labute approximate surface area is 177 Å². The Morgan fingerprint density at radius 2 is 1.76 bits per heavy atom. The normalized spacial score (nSPS) is 15.6. The number of carbonyl (C=O) groups is 1. The lowest BCUT2D eigenvalue weighted by Crippen LogP contribution is -2.50. The Kier molecular flexibility index (Phi) is 7.02. The SMILES string of the molecule is Cc1cc(C)cc(-n2ccnc2SCC(=O)N2CCN(CCS(C)(=O)=O)CC2)c1. The first-order chi connectivity index (χ1) is 13.7. The van der Waals surface area contributed by atoms with Crippen molar-refractivity contribution in [1.29, 1.82) is 0 Å². The molecule has 0 unspecified atom stereocenters. The first-order valence-electron chi connectivity index (χ1n) is 9.64. The molecule has 0 aliphatic carbocycles. The molecule has 0 spiro atoms. The van der Waals surface area contributed by atoms with Crippen LogP contribution >= 0.6 is 11.8 Å². The van der Waals surface area contributed by atoms with Crippen LogP contribution in [-0.2, 0) is 14.6 Å². The van der Waals surface area contributed by atoms with E-state index < -0.39 is 9.84 Å². The maximum atomic E-state index is 12.6. The molecule has 2 aromatic rings. The second kappa shape index (κ2) is 9.32. The van der Waals surface area contributed by atoms with Crippen LogP contribution in [0.2, 0.25) is 0 Å². The monoisotopic (exact) mass is 436 g/mol. The number of aromatic nitrogens is 2. The van der Waals surface area contributed by atoms with Crippen molar-refractivity contribution in [2.75, 3.05) is 50.5 Å². The van der Waals surface area contributed by atoms with Gasteiger partial charge in [0.15, 0.2) is 5.16 Å². The van der Waals surface area contributed by atoms with E-state index in [-0.39, 0.29) is 11.7 Å². The van der Waals surface area contributed by atoms with E-state index in [0.29, 0.717) is 38.5 Å². The van der Waals surface area contributed by atoms with Gasteiger partial charge in [0.05, 0.1) is 11.5 Å². The highest BCUT2D eigenvalue weighted by Crippen LogP contribution is 2.22. The lowest BCUT2D eigenvalue weighted by molar-refractivity contribution is -0.130. The molecular weight excluding hydrogens is 408 g/mol. The number of thioether (sulfide) groups is 1. The molecule has 1 aliphatic rings. The number of amides is 1. The van der Waals surface area contributed by atoms with Crippen molar-refractivity contribution in [1.82, 2.24) is 19.4 Å². The highest BCUT2D eigenvalue weighted by Gasteiger charge is 2.22. The molecular formula is C20H28N4O3S2. The summed E-state index contributed by atoms with van der Waals surface area (Å²) in [4.78, 5) is 21.0. The first kappa shape index (κ1) is 21.9. The zero-order valence-electron chi connectivity index (χ0n) is 17.2. The van der Waals surface area contributed by atoms with Crippen molar-refractivity contribution in [3.63, 3.8) is 0 Å². The predicted molar refractivity (Wildman–Crippen MR) is 116 cm³/mol. The quantitative estimate of drug-likeness (QED) is 0.616. The Bertz CT molecular complexity index is 944. The lowest BCUT2D eigenvalue weighted by atomic mass is 10.1. The van der Waals surface area contributed by atoms with Crippen molar-refractivity contribution < 1.29 is 13.2 Å². The Balaban J connectivity index is 1.53. The van der Waals surface area contributed by atoms with Crippen LogP contribution in [0, 0.1) is 13.8 Å². The van der Waals surface area contributed by atoms with Gasteiger partial charge in [0.2, 0.25) is 5.91 Å². The van der Waals surface area contributed by atoms with Crippen molar-refractivity contribution in [3.05, 3.63) is 41.7 Å². The summed E-state index contributed by atoms with van der Waals surface area (Å²) in [5.74, 6) is 0.594. The molecule has 0 radical (unpaired) electrons. The molecule has 9 heteroatoms. The van der Waals surface area contributed by atoms with Gasteiger partial charge in [0.25, 0.3) is 0 Å². The van der Waals surface area contributed by atoms with E-state index in [4.69, 9.17) is 0 Å². The molecule has 7 nitrogen and oxygen atoms in total. The Morgan fingerprint density at radius 3 is 2.38 bits per heavy atom. The van der Waals surface area contributed by atoms with E-state index in [9.17, 15) is 13.2 Å². The van der Waals surface area contributed by atoms with Gasteiger partial charge in [-0.15, -0.1) is 0 Å². The van der Waals surface area contributed by atoms with Gasteiger partial charge in [0.1, 0.15) is 9.84 Å². The van der Waals surface area contributed by atoms with Gasteiger partial charge in [-0.25, -0.2) is 13.4 Å². The largest absolute Gasteiger partial charge is 0.339 e. The average molecular weight is 437 g/mol. The molecule has 1 amide bonds. The fourth-order valence-corrected chi connectivity index (χ4v) is 4.88. The second-order valence-electron chi connectivity index (χ2n) is 7.57. The third-order valence-corrected chi connectivity index (χ3v) is 6.80. The molecule has 29 heavy (non-hydrogen) atoms. The summed E-state index contributed by atoms with van der Waals surface area (Å²) >= 11 is 1.44. The van der Waals surface area contributed by atoms with E-state index in [1.165, 1.54) is 29.1 Å². The van der Waals surface area contributed by atoms with Crippen LogP contribution in [-0.4, -0.2) is 84.2 Å². The fourth-order valence-electron chi connectivity index (χ4n) is 3.42. The van der Waals surface area contributed by atoms with Gasteiger partial charge in [-0.1, -0.05) is 17.8 Å². The Morgan fingerprint density at radius 1 is 1.10 bits per heavy atom. The van der Waals surface area contributed by atoms with Crippen LogP contribution in [0.5, 0.6) is 0 Å². The second-order valence-corrected chi connectivity index (χ2v) is 10.8. The molecule has 0 N–H and O–H groups in total. The number of piperazine rings is 1. The third-order valence-electron chi connectivity index (χ3n) is 4.92. The molecule has 3 rings (SSSR count). The standard InChI is InChI=1S/C20H28N4O3S2/c1-16-12-17(2)14-18(13-16)24-5-4-21-20(24)28-15-19(25)23-8-6-22(7-9-23)10-11-29(3,26)27/h4-5,12-14H,6-11,15H2,1-3H3. The highest BCUT2D eigenvalue weighted by molar-refractivity contribution is 7.99. The molecule has 158 valence electrons. The summed E-state index contributed by atoms with van der Waals surface area (Å²) in [5, 5.41) is 0.801. The Hall–Kier alpha value is -1.84. The summed E-state index contributed by atoms with van der Waals surface area (Å²) < 4.78 is 24.6. The number of benzene rings is 1. The van der Waals surface area contributed by atoms with Crippen LogP contribution in [0.4, 0.5) is 0 Å². The number of nitrogens with zero attached hydrogens (tertiary/aromatic N) is 4. The topological polar surface area (TPSA) is 75.5 Å². The third kappa shape index (κ3) is 6.32. The summed E-state index contributed by atoms with van der Waals surface area (Å²) in [5.41, 5.74) is 3.43. The molecule has 0 bridgehead atoms. The minimum absolute atomic E-state index is 0.0905. The van der Waals surface area contributed by atoms with Gasteiger partial charge in [-0.3, -0.25) is 14.3 Å². The number of carbonyl (C=O) groups excluding carboxylic acids is 1. The number of hydrogen-bond acceptors (Lipinski definition) is 6. The zero-order chi connectivity index (χ0) is 21.0. The van der Waals surface area contributed by atoms with E-state index >= 15 is 0 Å². The predicted octanol–water partition coefficient (Wildman–Crippen LogP) is 1.77. The maximum absolute atomic E-state index is 12.6. The summed E-state index contributed by atoms with van der Waals surface area (Å²) in [7, 11) is -2.95. The minimum atomic E-state index is -2.95. The van der Waals surface area contributed by atoms with Gasteiger partial charge < -0.3 is 4.90 Å². The average Bonchev–Trinajstić information content (AvgIpc) is 3.12. The molecule has 0 atom stereocenters. The van der Waals surface area contributed by atoms with E-state index in [1.54, 1.807) is 6.20 Å². The van der Waals surface area contributed by atoms with Gasteiger partial charge in [-0.05, 0) is 37.1 Å². The van der Waals surface area contributed by atoms with Crippen molar-refractivity contribution in [2.24, 2.45) is 0 Å². The van der Waals surface area contributed by atoms with E-state index in [1.807, 2.05) is 15.7 Å². The van der Waals surface area contributed by atoms with Crippen LogP contribution in [0.15, 0.2) is 35.7 Å². The van der Waals surface area contributed by atoms with Crippen LogP contribution in [0.25, 0.3) is 5.69 Å². The minimum Gasteiger partial charge on any atom is -0.339 e. The molecule has 1 aliphatic heterocycles. The number of sulfone groups is 1. The van der Waals surface area contributed by atoms with Crippen molar-refractivity contribution in [3.8, 4) is 5.69 Å². The molecule has 1 fully saturated rings. The van der Waals surface area contributed by atoms with Gasteiger partial charge >= 0.3 is 0 Å². The highest BCUT2D eigenvalue weighted by atomic mass is 32.2.